The molecule has 0 unspecified atom stereocenters. The van der Waals surface area contributed by atoms with E-state index in [1.165, 1.54) is 11.3 Å². The van der Waals surface area contributed by atoms with E-state index >= 15 is 0 Å². The number of aryl methyl sites for hydroxylation is 1. The van der Waals surface area contributed by atoms with Crippen molar-refractivity contribution in [1.82, 2.24) is 4.98 Å². The van der Waals surface area contributed by atoms with Crippen molar-refractivity contribution in [2.75, 3.05) is 18.5 Å². The summed E-state index contributed by atoms with van der Waals surface area (Å²) in [5, 5.41) is 3.99. The summed E-state index contributed by atoms with van der Waals surface area (Å²) in [4.78, 5) is 4.69. The molecule has 0 saturated carbocycles. The van der Waals surface area contributed by atoms with Crippen LogP contribution in [-0.4, -0.2) is 18.2 Å². The summed E-state index contributed by atoms with van der Waals surface area (Å²) in [5.41, 5.74) is 2.77. The van der Waals surface area contributed by atoms with Crippen LogP contribution in [0.5, 0.6) is 11.5 Å². The number of fused-ring (bicyclic) bond motifs is 1. The first-order valence-electron chi connectivity index (χ1n) is 10.9. The summed E-state index contributed by atoms with van der Waals surface area (Å²) in [7, 11) is -3.57. The zero-order chi connectivity index (χ0) is 23.3. The van der Waals surface area contributed by atoms with E-state index in [2.05, 4.69) is 16.4 Å². The lowest BCUT2D eigenvalue weighted by Gasteiger charge is -2.27. The average Bonchev–Trinajstić information content (AvgIpc) is 3.20. The third kappa shape index (κ3) is 5.63. The second-order valence-electron chi connectivity index (χ2n) is 7.40. The number of hydrogen-bond donors (Lipinski definition) is 1. The van der Waals surface area contributed by atoms with E-state index < -0.39 is 13.4 Å². The van der Waals surface area contributed by atoms with Crippen LogP contribution in [0.15, 0.2) is 72.8 Å². The van der Waals surface area contributed by atoms with Crippen LogP contribution in [0.1, 0.15) is 30.8 Å². The Bertz CT molecular complexity index is 1250. The highest BCUT2D eigenvalue weighted by Gasteiger charge is 2.38. The van der Waals surface area contributed by atoms with E-state index in [9.17, 15) is 4.57 Å². The Labute approximate surface area is 198 Å². The number of thiazole rings is 1. The summed E-state index contributed by atoms with van der Waals surface area (Å²) < 4.78 is 32.4. The van der Waals surface area contributed by atoms with Gasteiger partial charge in [0.2, 0.25) is 0 Å². The molecule has 1 N–H and O–H groups in total. The molecule has 0 aliphatic heterocycles. The highest BCUT2D eigenvalue weighted by molar-refractivity contribution is 7.54. The maximum atomic E-state index is 13.9. The Hall–Kier alpha value is -2.70. The number of aromatic nitrogens is 1. The van der Waals surface area contributed by atoms with Gasteiger partial charge in [0.05, 0.1) is 23.4 Å². The molecule has 0 saturated heterocycles. The molecule has 0 aliphatic carbocycles. The summed E-state index contributed by atoms with van der Waals surface area (Å²) >= 11 is 1.51. The monoisotopic (exact) mass is 482 g/mol. The number of hydrogen-bond acceptors (Lipinski definition) is 7. The second kappa shape index (κ2) is 10.5. The lowest BCUT2D eigenvalue weighted by Crippen LogP contribution is -2.15. The van der Waals surface area contributed by atoms with Crippen LogP contribution < -0.4 is 10.1 Å². The van der Waals surface area contributed by atoms with E-state index in [1.54, 1.807) is 13.8 Å². The highest BCUT2D eigenvalue weighted by Crippen LogP contribution is 2.61. The van der Waals surface area contributed by atoms with Gasteiger partial charge in [0.25, 0.3) is 0 Å². The molecule has 8 heteroatoms. The lowest BCUT2D eigenvalue weighted by molar-refractivity contribution is 0.214. The predicted molar refractivity (Wildman–Crippen MR) is 135 cm³/mol. The van der Waals surface area contributed by atoms with Gasteiger partial charge in [-0.1, -0.05) is 47.7 Å². The molecular formula is C25H27N2O4PS. The number of nitrogens with zero attached hydrogens (tertiary/aromatic N) is 1. The molecule has 0 bridgehead atoms. The van der Waals surface area contributed by atoms with Gasteiger partial charge < -0.3 is 19.1 Å². The molecule has 6 nitrogen and oxygen atoms in total. The Kier molecular flexibility index (Phi) is 7.46. The molecule has 3 aromatic carbocycles. The quantitative estimate of drug-likeness (QED) is 0.233. The summed E-state index contributed by atoms with van der Waals surface area (Å²) in [6.07, 6.45) is 0. The minimum absolute atomic E-state index is 0.259. The Balaban J connectivity index is 1.72. The van der Waals surface area contributed by atoms with Crippen LogP contribution in [0.25, 0.3) is 10.2 Å². The fraction of sp³-hybridized carbons (Fsp3) is 0.240. The fourth-order valence-corrected chi connectivity index (χ4v) is 6.45. The minimum Gasteiger partial charge on any atom is -0.457 e. The first-order valence-corrected chi connectivity index (χ1v) is 13.3. The van der Waals surface area contributed by atoms with Crippen molar-refractivity contribution in [3.8, 4) is 11.5 Å². The van der Waals surface area contributed by atoms with E-state index in [4.69, 9.17) is 13.8 Å². The van der Waals surface area contributed by atoms with Crippen LogP contribution in [0.3, 0.4) is 0 Å². The lowest BCUT2D eigenvalue weighted by atomic mass is 10.2. The van der Waals surface area contributed by atoms with Crippen LogP contribution in [0, 0.1) is 6.92 Å². The van der Waals surface area contributed by atoms with Gasteiger partial charge >= 0.3 is 7.60 Å². The summed E-state index contributed by atoms with van der Waals surface area (Å²) in [6, 6.07) is 23.1. The van der Waals surface area contributed by atoms with Crippen molar-refractivity contribution < 1.29 is 18.3 Å². The first-order chi connectivity index (χ1) is 16.0. The number of ether oxygens (including phenoxy) is 1. The molecule has 0 aliphatic rings. The molecular weight excluding hydrogens is 455 g/mol. The third-order valence-electron chi connectivity index (χ3n) is 4.89. The summed E-state index contributed by atoms with van der Waals surface area (Å²) in [5.74, 6) is 0.599. The van der Waals surface area contributed by atoms with Gasteiger partial charge in [-0.05, 0) is 68.3 Å². The van der Waals surface area contributed by atoms with Crippen molar-refractivity contribution in [3.63, 3.8) is 0 Å². The molecule has 33 heavy (non-hydrogen) atoms. The van der Waals surface area contributed by atoms with Crippen molar-refractivity contribution in [2.45, 2.75) is 26.6 Å². The Morgan fingerprint density at radius 2 is 1.67 bits per heavy atom. The minimum atomic E-state index is -3.57. The van der Waals surface area contributed by atoms with Gasteiger partial charge in [-0.15, -0.1) is 0 Å². The van der Waals surface area contributed by atoms with Crippen molar-refractivity contribution >= 4 is 34.3 Å². The molecule has 1 atom stereocenters. The molecule has 0 radical (unpaired) electrons. The molecule has 0 amide bonds. The molecule has 4 rings (SSSR count). The number of benzene rings is 3. The van der Waals surface area contributed by atoms with Gasteiger partial charge in [-0.2, -0.15) is 0 Å². The van der Waals surface area contributed by atoms with E-state index in [-0.39, 0.29) is 13.2 Å². The average molecular weight is 483 g/mol. The number of rotatable bonds is 10. The SMILES string of the molecule is CCOP(=O)(OCC)[C@@H](Nc1nc2ccc(C)cc2s1)c1cccc(Oc2ccccc2)c1. The standard InChI is InChI=1S/C25H27N2O4PS/c1-4-29-32(28,30-5-2)24(27-25-26-22-15-14-18(3)16-23(22)33-25)19-10-9-13-21(17-19)31-20-11-7-6-8-12-20/h6-17,24H,4-5H2,1-3H3,(H,26,27)/t24-/m1/s1. The second-order valence-corrected chi connectivity index (χ2v) is 10.5. The Morgan fingerprint density at radius 1 is 0.939 bits per heavy atom. The van der Waals surface area contributed by atoms with Crippen molar-refractivity contribution in [3.05, 3.63) is 83.9 Å². The van der Waals surface area contributed by atoms with Crippen LogP contribution >= 0.6 is 18.9 Å². The van der Waals surface area contributed by atoms with E-state index in [1.807, 2.05) is 73.7 Å². The Morgan fingerprint density at radius 3 is 2.39 bits per heavy atom. The molecule has 0 fully saturated rings. The number of nitrogens with one attached hydrogen (secondary N) is 1. The zero-order valence-corrected chi connectivity index (χ0v) is 20.6. The van der Waals surface area contributed by atoms with E-state index in [0.29, 0.717) is 10.9 Å². The topological polar surface area (TPSA) is 69.7 Å². The van der Waals surface area contributed by atoms with Gasteiger partial charge in [0, 0.05) is 0 Å². The number of anilines is 1. The third-order valence-corrected chi connectivity index (χ3v) is 8.14. The normalized spacial score (nSPS) is 12.6. The highest BCUT2D eigenvalue weighted by atomic mass is 32.1. The van der Waals surface area contributed by atoms with Gasteiger partial charge in [0.15, 0.2) is 10.9 Å². The predicted octanol–water partition coefficient (Wildman–Crippen LogP) is 7.77. The van der Waals surface area contributed by atoms with Crippen molar-refractivity contribution in [1.29, 1.82) is 0 Å². The molecule has 1 aromatic heterocycles. The fourth-order valence-electron chi connectivity index (χ4n) is 3.47. The molecule has 4 aromatic rings. The molecule has 0 spiro atoms. The maximum absolute atomic E-state index is 13.9. The van der Waals surface area contributed by atoms with Crippen LogP contribution in [0.4, 0.5) is 5.13 Å². The van der Waals surface area contributed by atoms with E-state index in [0.717, 1.165) is 27.1 Å². The largest absolute Gasteiger partial charge is 0.457 e. The van der Waals surface area contributed by atoms with Crippen molar-refractivity contribution in [2.24, 2.45) is 0 Å². The number of para-hydroxylation sites is 1. The molecule has 172 valence electrons. The molecule has 1 heterocycles. The smallest absolute Gasteiger partial charge is 0.357 e. The zero-order valence-electron chi connectivity index (χ0n) is 18.9. The van der Waals surface area contributed by atoms with Gasteiger partial charge in [0.1, 0.15) is 11.5 Å². The van der Waals surface area contributed by atoms with Gasteiger partial charge in [-0.25, -0.2) is 4.98 Å². The summed E-state index contributed by atoms with van der Waals surface area (Å²) in [6.45, 7) is 6.17. The van der Waals surface area contributed by atoms with Gasteiger partial charge in [-0.3, -0.25) is 4.57 Å². The first kappa shape index (κ1) is 23.5. The van der Waals surface area contributed by atoms with Crippen LogP contribution in [-0.2, 0) is 13.6 Å². The van der Waals surface area contributed by atoms with Crippen LogP contribution in [0.2, 0.25) is 0 Å². The maximum Gasteiger partial charge on any atom is 0.357 e.